The molecule has 0 spiro atoms. The maximum absolute atomic E-state index is 5.86. The van der Waals surface area contributed by atoms with Crippen molar-refractivity contribution >= 4 is 12.4 Å². The summed E-state index contributed by atoms with van der Waals surface area (Å²) in [6.07, 6.45) is 1.42. The molecule has 0 aliphatic carbocycles. The second-order valence-corrected chi connectivity index (χ2v) is 6.29. The molecular formula is C16H27ClN2O. The average Bonchev–Trinajstić information content (AvgIpc) is 2.71. The summed E-state index contributed by atoms with van der Waals surface area (Å²) in [4.78, 5) is 2.49. The third-order valence-electron chi connectivity index (χ3n) is 3.81. The van der Waals surface area contributed by atoms with Crippen molar-refractivity contribution in [2.24, 2.45) is 11.1 Å². The van der Waals surface area contributed by atoms with Gasteiger partial charge in [0.1, 0.15) is 5.75 Å². The van der Waals surface area contributed by atoms with E-state index in [1.165, 1.54) is 12.0 Å². The highest BCUT2D eigenvalue weighted by atomic mass is 35.5. The summed E-state index contributed by atoms with van der Waals surface area (Å²) in [7, 11) is 0. The Labute approximate surface area is 128 Å². The van der Waals surface area contributed by atoms with E-state index in [9.17, 15) is 0 Å². The molecule has 0 bridgehead atoms. The van der Waals surface area contributed by atoms with Crippen LogP contribution in [0.4, 0.5) is 0 Å². The molecule has 1 fully saturated rings. The van der Waals surface area contributed by atoms with E-state index in [0.717, 1.165) is 31.9 Å². The van der Waals surface area contributed by atoms with Gasteiger partial charge < -0.3 is 10.5 Å². The Morgan fingerprint density at radius 1 is 1.40 bits per heavy atom. The normalized spacial score (nSPS) is 22.9. The number of nitrogens with two attached hydrogens (primary N) is 1. The smallest absolute Gasteiger partial charge is 0.120 e. The minimum atomic E-state index is 0. The summed E-state index contributed by atoms with van der Waals surface area (Å²) in [6, 6.07) is 8.42. The second kappa shape index (κ2) is 7.30. The van der Waals surface area contributed by atoms with Crippen LogP contribution in [0.3, 0.4) is 0 Å². The molecule has 1 aromatic carbocycles. The topological polar surface area (TPSA) is 38.5 Å². The molecule has 1 atom stereocenters. The summed E-state index contributed by atoms with van der Waals surface area (Å²) < 4.78 is 5.74. The van der Waals surface area contributed by atoms with Gasteiger partial charge in [-0.25, -0.2) is 0 Å². The maximum atomic E-state index is 5.86. The molecule has 1 aliphatic heterocycles. The van der Waals surface area contributed by atoms with Gasteiger partial charge in [0.05, 0.1) is 6.10 Å². The number of benzene rings is 1. The van der Waals surface area contributed by atoms with Crippen LogP contribution in [0.2, 0.25) is 0 Å². The van der Waals surface area contributed by atoms with Gasteiger partial charge in [-0.1, -0.05) is 19.1 Å². The van der Waals surface area contributed by atoms with Crippen molar-refractivity contribution < 1.29 is 4.74 Å². The van der Waals surface area contributed by atoms with Gasteiger partial charge in [-0.2, -0.15) is 0 Å². The molecule has 1 aliphatic rings. The SMILES string of the molecule is CC(C)Oc1cccc(CN2CCC(C)(CN)C2)c1.Cl. The van der Waals surface area contributed by atoms with Gasteiger partial charge >= 0.3 is 0 Å². The highest BCUT2D eigenvalue weighted by Crippen LogP contribution is 2.29. The van der Waals surface area contributed by atoms with Crippen molar-refractivity contribution in [3.63, 3.8) is 0 Å². The predicted octanol–water partition coefficient (Wildman–Crippen LogP) is 3.07. The molecule has 0 saturated carbocycles. The lowest BCUT2D eigenvalue weighted by atomic mass is 9.90. The first-order valence-electron chi connectivity index (χ1n) is 7.19. The number of rotatable bonds is 5. The van der Waals surface area contributed by atoms with E-state index < -0.39 is 0 Å². The standard InChI is InChI=1S/C16H26N2O.ClH/c1-13(2)19-15-6-4-5-14(9-15)10-18-8-7-16(3,11-17)12-18;/h4-6,9,13H,7-8,10-12,17H2,1-3H3;1H. The first kappa shape index (κ1) is 17.3. The molecule has 2 rings (SSSR count). The third kappa shape index (κ3) is 4.65. The molecule has 1 heterocycles. The van der Waals surface area contributed by atoms with E-state index in [4.69, 9.17) is 10.5 Å². The fraction of sp³-hybridized carbons (Fsp3) is 0.625. The Morgan fingerprint density at radius 2 is 2.15 bits per heavy atom. The minimum absolute atomic E-state index is 0. The number of ether oxygens (including phenoxy) is 1. The monoisotopic (exact) mass is 298 g/mol. The number of nitrogens with zero attached hydrogens (tertiary/aromatic N) is 1. The molecule has 0 radical (unpaired) electrons. The van der Waals surface area contributed by atoms with E-state index in [2.05, 4.69) is 43.9 Å². The van der Waals surface area contributed by atoms with Crippen LogP contribution in [0.5, 0.6) is 5.75 Å². The lowest BCUT2D eigenvalue weighted by Crippen LogP contribution is -2.31. The van der Waals surface area contributed by atoms with Gasteiger partial charge in [-0.3, -0.25) is 4.90 Å². The van der Waals surface area contributed by atoms with Crippen LogP contribution < -0.4 is 10.5 Å². The molecule has 1 saturated heterocycles. The summed E-state index contributed by atoms with van der Waals surface area (Å²) in [5, 5.41) is 0. The molecule has 0 aromatic heterocycles. The van der Waals surface area contributed by atoms with Crippen LogP contribution in [-0.4, -0.2) is 30.6 Å². The van der Waals surface area contributed by atoms with Crippen LogP contribution in [0, 0.1) is 5.41 Å². The predicted molar refractivity (Wildman–Crippen MR) is 86.5 cm³/mol. The maximum Gasteiger partial charge on any atom is 0.120 e. The Bertz CT molecular complexity index is 425. The zero-order valence-corrected chi connectivity index (χ0v) is 13.6. The zero-order chi connectivity index (χ0) is 13.9. The third-order valence-corrected chi connectivity index (χ3v) is 3.81. The van der Waals surface area contributed by atoms with Gasteiger partial charge in [-0.15, -0.1) is 12.4 Å². The fourth-order valence-corrected chi connectivity index (χ4v) is 2.68. The Balaban J connectivity index is 0.00000200. The molecule has 1 unspecified atom stereocenters. The summed E-state index contributed by atoms with van der Waals surface area (Å²) >= 11 is 0. The van der Waals surface area contributed by atoms with Crippen LogP contribution in [0.15, 0.2) is 24.3 Å². The first-order valence-corrected chi connectivity index (χ1v) is 7.19. The van der Waals surface area contributed by atoms with Crippen molar-refractivity contribution in [1.29, 1.82) is 0 Å². The highest BCUT2D eigenvalue weighted by Gasteiger charge is 2.32. The molecule has 4 heteroatoms. The highest BCUT2D eigenvalue weighted by molar-refractivity contribution is 5.85. The molecule has 1 aromatic rings. The number of likely N-dealkylation sites (tertiary alicyclic amines) is 1. The number of hydrogen-bond donors (Lipinski definition) is 1. The van der Waals surface area contributed by atoms with Gasteiger partial charge in [0.15, 0.2) is 0 Å². The lowest BCUT2D eigenvalue weighted by molar-refractivity contribution is 0.241. The first-order chi connectivity index (χ1) is 9.00. The number of halogens is 1. The molecule has 20 heavy (non-hydrogen) atoms. The van der Waals surface area contributed by atoms with Crippen molar-refractivity contribution in [3.05, 3.63) is 29.8 Å². The Kier molecular flexibility index (Phi) is 6.31. The number of hydrogen-bond acceptors (Lipinski definition) is 3. The van der Waals surface area contributed by atoms with E-state index in [0.29, 0.717) is 5.41 Å². The Hall–Kier alpha value is -0.770. The largest absolute Gasteiger partial charge is 0.491 e. The molecule has 3 nitrogen and oxygen atoms in total. The Morgan fingerprint density at radius 3 is 2.75 bits per heavy atom. The molecular weight excluding hydrogens is 272 g/mol. The van der Waals surface area contributed by atoms with Crippen molar-refractivity contribution in [2.45, 2.75) is 39.8 Å². The van der Waals surface area contributed by atoms with Gasteiger partial charge in [0, 0.05) is 13.1 Å². The van der Waals surface area contributed by atoms with Crippen LogP contribution in [0.1, 0.15) is 32.8 Å². The van der Waals surface area contributed by atoms with Crippen LogP contribution in [-0.2, 0) is 6.54 Å². The minimum Gasteiger partial charge on any atom is -0.491 e. The van der Waals surface area contributed by atoms with Crippen LogP contribution in [0.25, 0.3) is 0 Å². The van der Waals surface area contributed by atoms with Crippen LogP contribution >= 0.6 is 12.4 Å². The quantitative estimate of drug-likeness (QED) is 0.908. The zero-order valence-electron chi connectivity index (χ0n) is 12.8. The molecule has 114 valence electrons. The fourth-order valence-electron chi connectivity index (χ4n) is 2.68. The van der Waals surface area contributed by atoms with E-state index in [-0.39, 0.29) is 18.5 Å². The summed E-state index contributed by atoms with van der Waals surface area (Å²) in [6.45, 7) is 10.4. The summed E-state index contributed by atoms with van der Waals surface area (Å²) in [5.41, 5.74) is 7.47. The summed E-state index contributed by atoms with van der Waals surface area (Å²) in [5.74, 6) is 0.966. The lowest BCUT2D eigenvalue weighted by Gasteiger charge is -2.22. The van der Waals surface area contributed by atoms with Gasteiger partial charge in [0.2, 0.25) is 0 Å². The van der Waals surface area contributed by atoms with Crippen molar-refractivity contribution in [3.8, 4) is 5.75 Å². The van der Waals surface area contributed by atoms with E-state index in [1.807, 2.05) is 6.07 Å². The average molecular weight is 299 g/mol. The second-order valence-electron chi connectivity index (χ2n) is 6.29. The van der Waals surface area contributed by atoms with Gasteiger partial charge in [0.25, 0.3) is 0 Å². The van der Waals surface area contributed by atoms with Gasteiger partial charge in [-0.05, 0) is 56.5 Å². The molecule has 2 N–H and O–H groups in total. The van der Waals surface area contributed by atoms with Crippen molar-refractivity contribution in [1.82, 2.24) is 4.90 Å². The van der Waals surface area contributed by atoms with Crippen molar-refractivity contribution in [2.75, 3.05) is 19.6 Å². The molecule has 0 amide bonds. The van der Waals surface area contributed by atoms with E-state index >= 15 is 0 Å². The van der Waals surface area contributed by atoms with E-state index in [1.54, 1.807) is 0 Å².